The van der Waals surface area contributed by atoms with Gasteiger partial charge < -0.3 is 10.6 Å². The first-order chi connectivity index (χ1) is 5.56. The molecule has 0 rings (SSSR count). The molecule has 0 saturated carbocycles. The molecule has 0 aromatic rings. The number of rotatable bonds is 3. The van der Waals surface area contributed by atoms with Gasteiger partial charge in [-0.15, -0.1) is 0 Å². The van der Waals surface area contributed by atoms with Gasteiger partial charge in [-0.1, -0.05) is 0 Å². The van der Waals surface area contributed by atoms with Gasteiger partial charge in [0.25, 0.3) is 0 Å². The highest BCUT2D eigenvalue weighted by atomic mass is 16.2. The minimum absolute atomic E-state index is 0.0820. The van der Waals surface area contributed by atoms with E-state index in [9.17, 15) is 9.59 Å². The Morgan fingerprint density at radius 2 is 2.17 bits per heavy atom. The van der Waals surface area contributed by atoms with Crippen molar-refractivity contribution in [1.29, 1.82) is 5.26 Å². The summed E-state index contributed by atoms with van der Waals surface area (Å²) in [6.45, 7) is 2.80. The summed E-state index contributed by atoms with van der Waals surface area (Å²) in [6, 6.07) is 1.32. The number of nitrogens with one attached hydrogen (secondary N) is 2. The maximum atomic E-state index is 10.8. The van der Waals surface area contributed by atoms with Crippen molar-refractivity contribution in [2.24, 2.45) is 0 Å². The maximum absolute atomic E-state index is 10.8. The van der Waals surface area contributed by atoms with Crippen LogP contribution < -0.4 is 10.6 Å². The molecule has 0 aliphatic rings. The van der Waals surface area contributed by atoms with Gasteiger partial charge in [0.15, 0.2) is 0 Å². The highest BCUT2D eigenvalue weighted by molar-refractivity contribution is 5.83. The molecule has 0 aromatic carbocycles. The number of amides is 2. The lowest BCUT2D eigenvalue weighted by atomic mass is 10.4. The van der Waals surface area contributed by atoms with E-state index in [0.29, 0.717) is 0 Å². The summed E-state index contributed by atoms with van der Waals surface area (Å²) in [4.78, 5) is 21.2. The van der Waals surface area contributed by atoms with E-state index >= 15 is 0 Å². The van der Waals surface area contributed by atoms with Crippen LogP contribution in [0.15, 0.2) is 0 Å². The van der Waals surface area contributed by atoms with Gasteiger partial charge in [0.2, 0.25) is 11.8 Å². The fourth-order valence-corrected chi connectivity index (χ4v) is 0.530. The number of hydrogen-bond acceptors (Lipinski definition) is 3. The summed E-state index contributed by atoms with van der Waals surface area (Å²) in [5, 5.41) is 13.0. The first kappa shape index (κ1) is 10.4. The molecule has 66 valence electrons. The molecular weight excluding hydrogens is 158 g/mol. The van der Waals surface area contributed by atoms with Crippen molar-refractivity contribution in [3.8, 4) is 6.07 Å². The van der Waals surface area contributed by atoms with Crippen molar-refractivity contribution in [2.45, 2.75) is 19.9 Å². The molecule has 0 aromatic heterocycles. The molecule has 2 N–H and O–H groups in total. The Morgan fingerprint density at radius 1 is 1.58 bits per heavy atom. The van der Waals surface area contributed by atoms with E-state index in [-0.39, 0.29) is 18.4 Å². The van der Waals surface area contributed by atoms with E-state index in [2.05, 4.69) is 10.6 Å². The van der Waals surface area contributed by atoms with Gasteiger partial charge >= 0.3 is 0 Å². The van der Waals surface area contributed by atoms with E-state index < -0.39 is 6.04 Å². The Hall–Kier alpha value is -1.57. The molecule has 0 heterocycles. The monoisotopic (exact) mass is 169 g/mol. The van der Waals surface area contributed by atoms with E-state index in [4.69, 9.17) is 5.26 Å². The molecule has 0 radical (unpaired) electrons. The van der Waals surface area contributed by atoms with Crippen molar-refractivity contribution in [1.82, 2.24) is 10.6 Å². The second-order valence-electron chi connectivity index (χ2n) is 2.33. The summed E-state index contributed by atoms with van der Waals surface area (Å²) in [5.41, 5.74) is 0. The zero-order valence-corrected chi connectivity index (χ0v) is 7.05. The first-order valence-corrected chi connectivity index (χ1v) is 3.49. The van der Waals surface area contributed by atoms with Crippen LogP contribution in [0.2, 0.25) is 0 Å². The number of nitriles is 1. The topological polar surface area (TPSA) is 82.0 Å². The van der Waals surface area contributed by atoms with E-state index in [1.807, 2.05) is 6.07 Å². The van der Waals surface area contributed by atoms with Crippen LogP contribution in [0.3, 0.4) is 0 Å². The summed E-state index contributed by atoms with van der Waals surface area (Å²) < 4.78 is 0. The molecule has 5 nitrogen and oxygen atoms in total. The third kappa shape index (κ3) is 5.23. The Bertz CT molecular complexity index is 219. The van der Waals surface area contributed by atoms with Crippen LogP contribution in [0.5, 0.6) is 0 Å². The first-order valence-electron chi connectivity index (χ1n) is 3.49. The molecule has 1 atom stereocenters. The lowest BCUT2D eigenvalue weighted by Crippen LogP contribution is -2.39. The molecule has 0 fully saturated rings. The molecule has 12 heavy (non-hydrogen) atoms. The summed E-state index contributed by atoms with van der Waals surface area (Å²) >= 11 is 0. The Kier molecular flexibility index (Phi) is 4.46. The molecule has 0 spiro atoms. The lowest BCUT2D eigenvalue weighted by Gasteiger charge is -2.05. The molecule has 1 unspecified atom stereocenters. The average molecular weight is 169 g/mol. The fourth-order valence-electron chi connectivity index (χ4n) is 0.530. The van der Waals surface area contributed by atoms with Crippen molar-refractivity contribution in [2.75, 3.05) is 6.54 Å². The predicted octanol–water partition coefficient (Wildman–Crippen LogP) is -0.849. The standard InChI is InChI=1S/C7H11N3O2/c1-5(3-8)10-7(12)4-9-6(2)11/h5H,4H2,1-2H3,(H,9,11)(H,10,12). The summed E-state index contributed by atoms with van der Waals surface area (Å²) in [6.07, 6.45) is 0. The van der Waals surface area contributed by atoms with Gasteiger partial charge in [0.05, 0.1) is 12.6 Å². The summed E-state index contributed by atoms with van der Waals surface area (Å²) in [5.74, 6) is -0.631. The molecular formula is C7H11N3O2. The van der Waals surface area contributed by atoms with Gasteiger partial charge in [-0.05, 0) is 6.92 Å². The fraction of sp³-hybridized carbons (Fsp3) is 0.571. The Morgan fingerprint density at radius 3 is 2.58 bits per heavy atom. The number of carbonyl (C=O) groups excluding carboxylic acids is 2. The van der Waals surface area contributed by atoms with Crippen molar-refractivity contribution in [3.05, 3.63) is 0 Å². The predicted molar refractivity (Wildman–Crippen MR) is 41.9 cm³/mol. The lowest BCUT2D eigenvalue weighted by molar-refractivity contribution is -0.125. The minimum Gasteiger partial charge on any atom is -0.347 e. The third-order valence-electron chi connectivity index (χ3n) is 1.07. The largest absolute Gasteiger partial charge is 0.347 e. The van der Waals surface area contributed by atoms with Gasteiger partial charge in [-0.2, -0.15) is 5.26 Å². The Labute approximate surface area is 70.7 Å². The quantitative estimate of drug-likeness (QED) is 0.577. The van der Waals surface area contributed by atoms with Gasteiger partial charge in [0, 0.05) is 6.92 Å². The van der Waals surface area contributed by atoms with Crippen LogP contribution in [-0.2, 0) is 9.59 Å². The van der Waals surface area contributed by atoms with Crippen molar-refractivity contribution < 1.29 is 9.59 Å². The number of nitrogens with zero attached hydrogens (tertiary/aromatic N) is 1. The Balaban J connectivity index is 3.62. The number of hydrogen-bond donors (Lipinski definition) is 2. The molecule has 0 aliphatic carbocycles. The van der Waals surface area contributed by atoms with Crippen molar-refractivity contribution >= 4 is 11.8 Å². The van der Waals surface area contributed by atoms with Gasteiger partial charge in [0.1, 0.15) is 6.04 Å². The zero-order valence-electron chi connectivity index (χ0n) is 7.05. The van der Waals surface area contributed by atoms with Crippen LogP contribution >= 0.6 is 0 Å². The zero-order chi connectivity index (χ0) is 9.56. The van der Waals surface area contributed by atoms with E-state index in [0.717, 1.165) is 0 Å². The average Bonchev–Trinajstić information content (AvgIpc) is 2.00. The van der Waals surface area contributed by atoms with Gasteiger partial charge in [-0.25, -0.2) is 0 Å². The smallest absolute Gasteiger partial charge is 0.240 e. The van der Waals surface area contributed by atoms with Crippen LogP contribution in [0.1, 0.15) is 13.8 Å². The summed E-state index contributed by atoms with van der Waals surface area (Å²) in [7, 11) is 0. The highest BCUT2D eigenvalue weighted by Gasteiger charge is 2.05. The molecule has 0 bridgehead atoms. The minimum atomic E-state index is -0.522. The van der Waals surface area contributed by atoms with Crippen LogP contribution in [0.25, 0.3) is 0 Å². The van der Waals surface area contributed by atoms with E-state index in [1.165, 1.54) is 6.92 Å². The van der Waals surface area contributed by atoms with Crippen LogP contribution in [-0.4, -0.2) is 24.4 Å². The third-order valence-corrected chi connectivity index (χ3v) is 1.07. The van der Waals surface area contributed by atoms with Crippen LogP contribution in [0.4, 0.5) is 0 Å². The van der Waals surface area contributed by atoms with E-state index in [1.54, 1.807) is 6.92 Å². The molecule has 2 amide bonds. The molecule has 0 aliphatic heterocycles. The maximum Gasteiger partial charge on any atom is 0.240 e. The number of carbonyl (C=O) groups is 2. The van der Waals surface area contributed by atoms with Crippen LogP contribution in [0, 0.1) is 11.3 Å². The normalized spacial score (nSPS) is 11.1. The van der Waals surface area contributed by atoms with Gasteiger partial charge in [-0.3, -0.25) is 9.59 Å². The second kappa shape index (κ2) is 5.13. The highest BCUT2D eigenvalue weighted by Crippen LogP contribution is 1.75. The molecule has 0 saturated heterocycles. The molecule has 5 heteroatoms. The van der Waals surface area contributed by atoms with Crippen molar-refractivity contribution in [3.63, 3.8) is 0 Å². The SMILES string of the molecule is CC(=O)NCC(=O)NC(C)C#N. The second-order valence-corrected chi connectivity index (χ2v) is 2.33.